The van der Waals surface area contributed by atoms with Gasteiger partial charge in [0.25, 0.3) is 5.91 Å². The predicted octanol–water partition coefficient (Wildman–Crippen LogP) is 1.82. The molecule has 1 atom stereocenters. The van der Waals surface area contributed by atoms with Crippen molar-refractivity contribution in [1.29, 1.82) is 0 Å². The zero-order valence-corrected chi connectivity index (χ0v) is 13.8. The van der Waals surface area contributed by atoms with Crippen molar-refractivity contribution in [2.45, 2.75) is 57.6 Å². The van der Waals surface area contributed by atoms with Gasteiger partial charge in [0.1, 0.15) is 0 Å². The van der Waals surface area contributed by atoms with Gasteiger partial charge in [0.15, 0.2) is 0 Å². The highest BCUT2D eigenvalue weighted by Gasteiger charge is 2.25. The fourth-order valence-electron chi connectivity index (χ4n) is 3.75. The van der Waals surface area contributed by atoms with Gasteiger partial charge in [-0.05, 0) is 38.5 Å². The van der Waals surface area contributed by atoms with Crippen LogP contribution in [0.4, 0.5) is 0 Å². The first-order valence-corrected chi connectivity index (χ1v) is 8.75. The molecular weight excluding hydrogens is 294 g/mol. The summed E-state index contributed by atoms with van der Waals surface area (Å²) in [5.74, 6) is 0.194. The molecule has 6 heteroatoms. The number of aliphatic hydroxyl groups is 1. The van der Waals surface area contributed by atoms with Crippen molar-refractivity contribution >= 4 is 5.91 Å². The fraction of sp³-hybridized carbons (Fsp3) is 0.765. The summed E-state index contributed by atoms with van der Waals surface area (Å²) < 4.78 is 7.33. The van der Waals surface area contributed by atoms with Gasteiger partial charge < -0.3 is 15.2 Å². The molecule has 1 unspecified atom stereocenters. The average molecular weight is 321 g/mol. The molecule has 6 nitrogen and oxygen atoms in total. The Morgan fingerprint density at radius 1 is 1.39 bits per heavy atom. The Morgan fingerprint density at radius 2 is 2.09 bits per heavy atom. The summed E-state index contributed by atoms with van der Waals surface area (Å²) in [6, 6.07) is 0.314. The second-order valence-electron chi connectivity index (χ2n) is 6.75. The Balaban J connectivity index is 1.57. The number of hydrogen-bond acceptors (Lipinski definition) is 4. The van der Waals surface area contributed by atoms with E-state index in [4.69, 9.17) is 4.74 Å². The molecule has 23 heavy (non-hydrogen) atoms. The van der Waals surface area contributed by atoms with Gasteiger partial charge in [0.2, 0.25) is 0 Å². The van der Waals surface area contributed by atoms with Crippen LogP contribution in [0.25, 0.3) is 0 Å². The van der Waals surface area contributed by atoms with Crippen LogP contribution in [0.1, 0.15) is 60.6 Å². The molecule has 128 valence electrons. The Bertz CT molecular complexity index is 531. The summed E-state index contributed by atoms with van der Waals surface area (Å²) in [4.78, 5) is 12.4. The Kier molecular flexibility index (Phi) is 5.33. The van der Waals surface area contributed by atoms with E-state index in [-0.39, 0.29) is 5.91 Å². The summed E-state index contributed by atoms with van der Waals surface area (Å²) in [5.41, 5.74) is 1.50. The molecule has 3 rings (SSSR count). The molecule has 2 N–H and O–H groups in total. The van der Waals surface area contributed by atoms with Crippen LogP contribution in [-0.4, -0.2) is 46.7 Å². The molecule has 1 saturated carbocycles. The molecule has 1 amide bonds. The molecule has 1 aliphatic carbocycles. The molecule has 1 aromatic heterocycles. The lowest BCUT2D eigenvalue weighted by Crippen LogP contribution is -2.35. The molecule has 2 heterocycles. The highest BCUT2D eigenvalue weighted by atomic mass is 16.5. The van der Waals surface area contributed by atoms with Crippen molar-refractivity contribution in [3.63, 3.8) is 0 Å². The zero-order chi connectivity index (χ0) is 16.2. The van der Waals surface area contributed by atoms with Crippen molar-refractivity contribution in [1.82, 2.24) is 15.1 Å². The van der Waals surface area contributed by atoms with Gasteiger partial charge in [0, 0.05) is 25.5 Å². The molecule has 1 aliphatic heterocycles. The van der Waals surface area contributed by atoms with Gasteiger partial charge in [0.05, 0.1) is 23.9 Å². The van der Waals surface area contributed by atoms with E-state index in [1.54, 1.807) is 6.20 Å². The van der Waals surface area contributed by atoms with Crippen molar-refractivity contribution in [3.05, 3.63) is 17.5 Å². The van der Waals surface area contributed by atoms with Crippen LogP contribution in [-0.2, 0) is 4.74 Å². The Morgan fingerprint density at radius 3 is 2.78 bits per heavy atom. The van der Waals surface area contributed by atoms with E-state index in [1.165, 1.54) is 12.8 Å². The molecule has 0 aromatic carbocycles. The van der Waals surface area contributed by atoms with Crippen LogP contribution in [0.3, 0.4) is 0 Å². The summed E-state index contributed by atoms with van der Waals surface area (Å²) in [5, 5.41) is 17.4. The van der Waals surface area contributed by atoms with Crippen LogP contribution < -0.4 is 5.32 Å². The zero-order valence-electron chi connectivity index (χ0n) is 13.8. The Hall–Kier alpha value is -1.40. The minimum Gasteiger partial charge on any atom is -0.391 e. The number of amides is 1. The number of aromatic nitrogens is 2. The molecule has 1 saturated heterocycles. The van der Waals surface area contributed by atoms with Gasteiger partial charge >= 0.3 is 0 Å². The molecule has 2 fully saturated rings. The third kappa shape index (κ3) is 3.75. The van der Waals surface area contributed by atoms with Gasteiger partial charge in [-0.3, -0.25) is 9.48 Å². The number of carbonyl (C=O) groups is 1. The smallest absolute Gasteiger partial charge is 0.254 e. The van der Waals surface area contributed by atoms with Crippen molar-refractivity contribution < 1.29 is 14.6 Å². The molecule has 1 aromatic rings. The highest BCUT2D eigenvalue weighted by molar-refractivity contribution is 5.95. The summed E-state index contributed by atoms with van der Waals surface area (Å²) in [7, 11) is 0. The number of nitrogens with one attached hydrogen (secondary N) is 1. The molecular formula is C17H27N3O3. The molecule has 0 radical (unpaired) electrons. The first-order valence-electron chi connectivity index (χ1n) is 8.75. The van der Waals surface area contributed by atoms with Gasteiger partial charge in [-0.1, -0.05) is 12.8 Å². The monoisotopic (exact) mass is 321 g/mol. The molecule has 2 aliphatic rings. The maximum absolute atomic E-state index is 12.4. The maximum atomic E-state index is 12.4. The largest absolute Gasteiger partial charge is 0.391 e. The standard InChI is InChI=1S/C17H27N3O3/c1-12-15(10-19-20(12)14-6-8-23-9-7-14)17(22)18-11-16(21)13-4-2-3-5-13/h10,13-14,16,21H,2-9,11H2,1H3,(H,18,22). The van der Waals surface area contributed by atoms with E-state index in [0.29, 0.717) is 24.1 Å². The van der Waals surface area contributed by atoms with Gasteiger partial charge in [-0.15, -0.1) is 0 Å². The van der Waals surface area contributed by atoms with E-state index in [9.17, 15) is 9.90 Å². The summed E-state index contributed by atoms with van der Waals surface area (Å²) in [6.07, 6.45) is 7.58. The first kappa shape index (κ1) is 16.5. The molecule has 0 spiro atoms. The Labute approximate surface area is 137 Å². The minimum absolute atomic E-state index is 0.141. The van der Waals surface area contributed by atoms with Crippen LogP contribution in [0, 0.1) is 12.8 Å². The van der Waals surface area contributed by atoms with E-state index >= 15 is 0 Å². The topological polar surface area (TPSA) is 76.4 Å². The number of ether oxygens (including phenoxy) is 1. The number of nitrogens with zero attached hydrogens (tertiary/aromatic N) is 2. The van der Waals surface area contributed by atoms with Crippen molar-refractivity contribution in [2.75, 3.05) is 19.8 Å². The van der Waals surface area contributed by atoms with Crippen LogP contribution >= 0.6 is 0 Å². The first-order chi connectivity index (χ1) is 11.2. The lowest BCUT2D eigenvalue weighted by Gasteiger charge is -2.23. The fourth-order valence-corrected chi connectivity index (χ4v) is 3.75. The van der Waals surface area contributed by atoms with Crippen LogP contribution in [0.5, 0.6) is 0 Å². The number of carbonyl (C=O) groups excluding carboxylic acids is 1. The lowest BCUT2D eigenvalue weighted by atomic mass is 10.0. The minimum atomic E-state index is -0.438. The number of aliphatic hydroxyl groups excluding tert-OH is 1. The predicted molar refractivity (Wildman–Crippen MR) is 86.4 cm³/mol. The van der Waals surface area contributed by atoms with E-state index in [0.717, 1.165) is 44.6 Å². The number of hydrogen-bond donors (Lipinski definition) is 2. The van der Waals surface area contributed by atoms with Crippen molar-refractivity contribution in [3.8, 4) is 0 Å². The quantitative estimate of drug-likeness (QED) is 0.867. The lowest BCUT2D eigenvalue weighted by molar-refractivity contribution is 0.0656. The number of rotatable bonds is 5. The van der Waals surface area contributed by atoms with Crippen molar-refractivity contribution in [2.24, 2.45) is 5.92 Å². The van der Waals surface area contributed by atoms with Gasteiger partial charge in [-0.2, -0.15) is 5.10 Å². The third-order valence-electron chi connectivity index (χ3n) is 5.24. The third-order valence-corrected chi connectivity index (χ3v) is 5.24. The van der Waals surface area contributed by atoms with E-state index < -0.39 is 6.10 Å². The van der Waals surface area contributed by atoms with Gasteiger partial charge in [-0.25, -0.2) is 0 Å². The normalized spacial score (nSPS) is 21.5. The summed E-state index contributed by atoms with van der Waals surface area (Å²) >= 11 is 0. The average Bonchev–Trinajstić information content (AvgIpc) is 3.23. The van der Waals surface area contributed by atoms with Crippen LogP contribution in [0.2, 0.25) is 0 Å². The maximum Gasteiger partial charge on any atom is 0.254 e. The second kappa shape index (κ2) is 7.45. The van der Waals surface area contributed by atoms with E-state index in [1.807, 2.05) is 11.6 Å². The summed E-state index contributed by atoms with van der Waals surface area (Å²) in [6.45, 7) is 3.76. The second-order valence-corrected chi connectivity index (χ2v) is 6.75. The van der Waals surface area contributed by atoms with Crippen LogP contribution in [0.15, 0.2) is 6.20 Å². The highest BCUT2D eigenvalue weighted by Crippen LogP contribution is 2.27. The SMILES string of the molecule is Cc1c(C(=O)NCC(O)C2CCCC2)cnn1C1CCOCC1. The molecule has 0 bridgehead atoms. The van der Waals surface area contributed by atoms with E-state index in [2.05, 4.69) is 10.4 Å².